The number of hydrogen-bond acceptors (Lipinski definition) is 5. The topological polar surface area (TPSA) is 60.2 Å². The summed E-state index contributed by atoms with van der Waals surface area (Å²) in [7, 11) is 1.92. The molecular formula is C15H20BrN3O2. The van der Waals surface area contributed by atoms with Gasteiger partial charge in [0, 0.05) is 22.0 Å². The summed E-state index contributed by atoms with van der Waals surface area (Å²) >= 11 is 3.49. The lowest BCUT2D eigenvalue weighted by atomic mass is 10.1. The first-order valence-electron chi connectivity index (χ1n) is 6.93. The smallest absolute Gasteiger partial charge is 0.229 e. The molecule has 0 aliphatic carbocycles. The highest BCUT2D eigenvalue weighted by Gasteiger charge is 2.13. The van der Waals surface area contributed by atoms with E-state index in [0.29, 0.717) is 18.3 Å². The van der Waals surface area contributed by atoms with Gasteiger partial charge in [0.05, 0.1) is 0 Å². The van der Waals surface area contributed by atoms with Crippen molar-refractivity contribution in [2.75, 3.05) is 7.05 Å². The van der Waals surface area contributed by atoms with Gasteiger partial charge in [0.1, 0.15) is 5.75 Å². The van der Waals surface area contributed by atoms with Gasteiger partial charge in [-0.3, -0.25) is 0 Å². The average Bonchev–Trinajstić information content (AvgIpc) is 2.94. The summed E-state index contributed by atoms with van der Waals surface area (Å²) < 4.78 is 12.0. The van der Waals surface area contributed by atoms with Crippen molar-refractivity contribution in [1.82, 2.24) is 15.5 Å². The van der Waals surface area contributed by atoms with E-state index >= 15 is 0 Å². The maximum atomic E-state index is 5.85. The van der Waals surface area contributed by atoms with Crippen molar-refractivity contribution in [3.63, 3.8) is 0 Å². The summed E-state index contributed by atoms with van der Waals surface area (Å²) in [5, 5.41) is 7.14. The second kappa shape index (κ2) is 7.04. The Hall–Kier alpha value is -1.40. The fraction of sp³-hybridized carbons (Fsp3) is 0.467. The standard InChI is InChI=1S/C15H20BrN3O2/c1-9(2)15-18-14(19-21-15)8-20-13-6-5-11(16)7-12(13)10(3)17-4/h5-7,9-10,17H,8H2,1-4H3. The summed E-state index contributed by atoms with van der Waals surface area (Å²) in [5.74, 6) is 2.23. The Morgan fingerprint density at radius 1 is 1.33 bits per heavy atom. The number of hydrogen-bond donors (Lipinski definition) is 1. The number of rotatable bonds is 6. The summed E-state index contributed by atoms with van der Waals surface area (Å²) in [6.07, 6.45) is 0. The molecule has 0 aliphatic rings. The minimum Gasteiger partial charge on any atom is -0.485 e. The molecule has 1 N–H and O–H groups in total. The first-order valence-corrected chi connectivity index (χ1v) is 7.72. The first kappa shape index (κ1) is 16.0. The van der Waals surface area contributed by atoms with Crippen LogP contribution in [-0.4, -0.2) is 17.2 Å². The Morgan fingerprint density at radius 3 is 2.71 bits per heavy atom. The Kier molecular flexibility index (Phi) is 5.36. The van der Waals surface area contributed by atoms with E-state index in [2.05, 4.69) is 38.3 Å². The van der Waals surface area contributed by atoms with E-state index in [1.54, 1.807) is 0 Å². The Bertz CT molecular complexity index is 598. The van der Waals surface area contributed by atoms with Crippen molar-refractivity contribution in [2.45, 2.75) is 39.3 Å². The van der Waals surface area contributed by atoms with E-state index in [4.69, 9.17) is 9.26 Å². The van der Waals surface area contributed by atoms with Crippen LogP contribution in [0, 0.1) is 0 Å². The van der Waals surface area contributed by atoms with Crippen LogP contribution in [-0.2, 0) is 6.61 Å². The fourth-order valence-corrected chi connectivity index (χ4v) is 2.23. The minimum absolute atomic E-state index is 0.189. The maximum absolute atomic E-state index is 5.85. The monoisotopic (exact) mass is 353 g/mol. The van der Waals surface area contributed by atoms with Crippen LogP contribution in [0.15, 0.2) is 27.2 Å². The molecule has 21 heavy (non-hydrogen) atoms. The number of benzene rings is 1. The van der Waals surface area contributed by atoms with Gasteiger partial charge in [-0.05, 0) is 32.2 Å². The number of ether oxygens (including phenoxy) is 1. The Morgan fingerprint density at radius 2 is 2.10 bits per heavy atom. The highest BCUT2D eigenvalue weighted by atomic mass is 79.9. The summed E-state index contributed by atoms with van der Waals surface area (Å²) in [6.45, 7) is 6.40. The van der Waals surface area contributed by atoms with E-state index in [1.807, 2.05) is 39.1 Å². The highest BCUT2D eigenvalue weighted by Crippen LogP contribution is 2.29. The molecule has 0 saturated heterocycles. The molecular weight excluding hydrogens is 334 g/mol. The molecule has 0 spiro atoms. The van der Waals surface area contributed by atoms with Crippen LogP contribution in [0.2, 0.25) is 0 Å². The second-order valence-electron chi connectivity index (χ2n) is 5.18. The molecule has 6 heteroatoms. The fourth-order valence-electron chi connectivity index (χ4n) is 1.85. The number of nitrogens with zero attached hydrogens (tertiary/aromatic N) is 2. The predicted molar refractivity (Wildman–Crippen MR) is 84.3 cm³/mol. The highest BCUT2D eigenvalue weighted by molar-refractivity contribution is 9.10. The zero-order chi connectivity index (χ0) is 15.4. The van der Waals surface area contributed by atoms with E-state index < -0.39 is 0 Å². The molecule has 1 aromatic heterocycles. The van der Waals surface area contributed by atoms with Gasteiger partial charge in [-0.2, -0.15) is 4.98 Å². The zero-order valence-corrected chi connectivity index (χ0v) is 14.3. The Balaban J connectivity index is 2.11. The van der Waals surface area contributed by atoms with Crippen LogP contribution in [0.1, 0.15) is 50.0 Å². The molecule has 1 aromatic carbocycles. The third kappa shape index (κ3) is 4.04. The van der Waals surface area contributed by atoms with Gasteiger partial charge in [0.25, 0.3) is 0 Å². The van der Waals surface area contributed by atoms with Gasteiger partial charge in [-0.15, -0.1) is 0 Å². The lowest BCUT2D eigenvalue weighted by molar-refractivity contribution is 0.280. The maximum Gasteiger partial charge on any atom is 0.229 e. The normalized spacial score (nSPS) is 12.7. The van der Waals surface area contributed by atoms with E-state index in [0.717, 1.165) is 15.8 Å². The second-order valence-corrected chi connectivity index (χ2v) is 6.10. The van der Waals surface area contributed by atoms with Crippen molar-refractivity contribution < 1.29 is 9.26 Å². The summed E-state index contributed by atoms with van der Waals surface area (Å²) in [5.41, 5.74) is 1.08. The van der Waals surface area contributed by atoms with Crippen LogP contribution in [0.4, 0.5) is 0 Å². The number of nitrogens with one attached hydrogen (secondary N) is 1. The molecule has 0 aliphatic heterocycles. The van der Waals surface area contributed by atoms with Gasteiger partial charge >= 0.3 is 0 Å². The molecule has 0 radical (unpaired) electrons. The quantitative estimate of drug-likeness (QED) is 0.855. The zero-order valence-electron chi connectivity index (χ0n) is 12.7. The molecule has 0 fully saturated rings. The SMILES string of the molecule is CNC(C)c1cc(Br)ccc1OCc1noc(C(C)C)n1. The summed E-state index contributed by atoms with van der Waals surface area (Å²) in [6, 6.07) is 6.13. The molecule has 1 unspecified atom stereocenters. The largest absolute Gasteiger partial charge is 0.485 e. The van der Waals surface area contributed by atoms with E-state index in [-0.39, 0.29) is 12.0 Å². The van der Waals surface area contributed by atoms with Crippen LogP contribution in [0.3, 0.4) is 0 Å². The molecule has 0 bridgehead atoms. The van der Waals surface area contributed by atoms with Gasteiger partial charge in [-0.25, -0.2) is 0 Å². The molecule has 1 atom stereocenters. The van der Waals surface area contributed by atoms with Gasteiger partial charge in [0.2, 0.25) is 11.7 Å². The third-order valence-corrected chi connectivity index (χ3v) is 3.70. The lowest BCUT2D eigenvalue weighted by Crippen LogP contribution is -2.14. The van der Waals surface area contributed by atoms with Crippen molar-refractivity contribution in [3.8, 4) is 5.75 Å². The molecule has 0 saturated carbocycles. The average molecular weight is 354 g/mol. The van der Waals surface area contributed by atoms with Crippen LogP contribution in [0.25, 0.3) is 0 Å². The lowest BCUT2D eigenvalue weighted by Gasteiger charge is -2.16. The molecule has 5 nitrogen and oxygen atoms in total. The minimum atomic E-state index is 0.189. The number of halogens is 1. The summed E-state index contributed by atoms with van der Waals surface area (Å²) in [4.78, 5) is 4.31. The van der Waals surface area contributed by atoms with Gasteiger partial charge < -0.3 is 14.6 Å². The van der Waals surface area contributed by atoms with Crippen LogP contribution in [0.5, 0.6) is 5.75 Å². The van der Waals surface area contributed by atoms with Crippen LogP contribution < -0.4 is 10.1 Å². The predicted octanol–water partition coefficient (Wildman–Crippen LogP) is 3.81. The van der Waals surface area contributed by atoms with Gasteiger partial charge in [-0.1, -0.05) is 34.9 Å². The molecule has 1 heterocycles. The van der Waals surface area contributed by atoms with Crippen molar-refractivity contribution in [1.29, 1.82) is 0 Å². The molecule has 114 valence electrons. The van der Waals surface area contributed by atoms with E-state index in [1.165, 1.54) is 0 Å². The molecule has 2 aromatic rings. The molecule has 0 amide bonds. The Labute approximate surface area is 133 Å². The van der Waals surface area contributed by atoms with Crippen molar-refractivity contribution in [2.24, 2.45) is 0 Å². The third-order valence-electron chi connectivity index (χ3n) is 3.21. The number of aromatic nitrogens is 2. The van der Waals surface area contributed by atoms with Crippen LogP contribution >= 0.6 is 15.9 Å². The first-order chi connectivity index (χ1) is 10.0. The van der Waals surface area contributed by atoms with Crippen molar-refractivity contribution >= 4 is 15.9 Å². The molecule has 2 rings (SSSR count). The van der Waals surface area contributed by atoms with Crippen molar-refractivity contribution in [3.05, 3.63) is 40.0 Å². The van der Waals surface area contributed by atoms with E-state index in [9.17, 15) is 0 Å². The van der Waals surface area contributed by atoms with Gasteiger partial charge in [0.15, 0.2) is 6.61 Å².